The lowest BCUT2D eigenvalue weighted by molar-refractivity contribution is 0.0505. The van der Waals surface area contributed by atoms with Crippen LogP contribution >= 0.6 is 0 Å². The van der Waals surface area contributed by atoms with Gasteiger partial charge in [-0.15, -0.1) is 0 Å². The van der Waals surface area contributed by atoms with Gasteiger partial charge in [-0.25, -0.2) is 0 Å². The highest BCUT2D eigenvalue weighted by molar-refractivity contribution is 5.38. The fourth-order valence-corrected chi connectivity index (χ4v) is 1.94. The molecule has 0 spiro atoms. The van der Waals surface area contributed by atoms with Crippen LogP contribution in [0.1, 0.15) is 29.9 Å². The Morgan fingerprint density at radius 2 is 1.83 bits per heavy atom. The Hall–Kier alpha value is -1.10. The molecule has 0 saturated heterocycles. The number of rotatable bonds is 8. The summed E-state index contributed by atoms with van der Waals surface area (Å²) in [4.78, 5) is 0. The van der Waals surface area contributed by atoms with Crippen LogP contribution in [0.25, 0.3) is 0 Å². The Bertz CT molecular complexity index is 346. The minimum atomic E-state index is 0.118. The minimum Gasteiger partial charge on any atom is -0.467 e. The summed E-state index contributed by atoms with van der Waals surface area (Å²) in [7, 11) is 1.58. The summed E-state index contributed by atoms with van der Waals surface area (Å²) in [6.45, 7) is 2.43. The van der Waals surface area contributed by atoms with Crippen LogP contribution in [0.2, 0.25) is 0 Å². The third-order valence-electron chi connectivity index (χ3n) is 2.97. The molecule has 0 aliphatic carbocycles. The van der Waals surface area contributed by atoms with Crippen molar-refractivity contribution in [2.45, 2.75) is 25.7 Å². The molecule has 0 aliphatic rings. The first-order valence-electron chi connectivity index (χ1n) is 6.17. The topological polar surface area (TPSA) is 58.9 Å². The Kier molecular flexibility index (Phi) is 6.72. The fourth-order valence-electron chi connectivity index (χ4n) is 1.94. The molecule has 18 heavy (non-hydrogen) atoms. The summed E-state index contributed by atoms with van der Waals surface area (Å²) < 4.78 is 10.4. The Morgan fingerprint density at radius 3 is 2.39 bits per heavy atom. The smallest absolute Gasteiger partial charge is 0.188 e. The molecule has 0 radical (unpaired) electrons. The van der Waals surface area contributed by atoms with Gasteiger partial charge in [0.05, 0.1) is 0 Å². The van der Waals surface area contributed by atoms with Gasteiger partial charge >= 0.3 is 0 Å². The average molecular weight is 254 g/mol. The van der Waals surface area contributed by atoms with E-state index in [1.807, 2.05) is 25.1 Å². The van der Waals surface area contributed by atoms with E-state index in [2.05, 4.69) is 0 Å². The first-order chi connectivity index (χ1) is 8.72. The summed E-state index contributed by atoms with van der Waals surface area (Å²) in [6.07, 6.45) is 1.29. The molecule has 0 fully saturated rings. The van der Waals surface area contributed by atoms with Gasteiger partial charge in [-0.05, 0) is 42.9 Å². The number of hydrogen-bond acceptors (Lipinski definition) is 4. The quantitative estimate of drug-likeness (QED) is 0.695. The van der Waals surface area contributed by atoms with Gasteiger partial charge in [-0.3, -0.25) is 0 Å². The van der Waals surface area contributed by atoms with Crippen molar-refractivity contribution in [1.82, 2.24) is 0 Å². The molecular formula is C14H22O4. The molecule has 0 atom stereocenters. The molecule has 102 valence electrons. The standard InChI is InChI=1S/C14H22O4/c1-11-3-4-13(9-14(11)18-10-17-2)12(5-7-15)6-8-16/h3-4,9,12,15-16H,5-8,10H2,1-2H3. The molecule has 0 unspecified atom stereocenters. The number of methoxy groups -OCH3 is 1. The first kappa shape index (κ1) is 15.0. The Balaban J connectivity index is 2.86. The molecule has 1 aromatic rings. The van der Waals surface area contributed by atoms with Gasteiger partial charge in [0.1, 0.15) is 5.75 Å². The zero-order chi connectivity index (χ0) is 13.4. The van der Waals surface area contributed by atoms with Gasteiger partial charge in [-0.1, -0.05) is 12.1 Å². The summed E-state index contributed by atoms with van der Waals surface area (Å²) in [6, 6.07) is 5.97. The van der Waals surface area contributed by atoms with Crippen LogP contribution in [0.15, 0.2) is 18.2 Å². The van der Waals surface area contributed by atoms with Crippen molar-refractivity contribution >= 4 is 0 Å². The van der Waals surface area contributed by atoms with Crippen LogP contribution in [-0.2, 0) is 4.74 Å². The van der Waals surface area contributed by atoms with Crippen molar-refractivity contribution in [3.05, 3.63) is 29.3 Å². The van der Waals surface area contributed by atoms with Crippen LogP contribution in [0.4, 0.5) is 0 Å². The summed E-state index contributed by atoms with van der Waals surface area (Å²) in [5.41, 5.74) is 2.12. The van der Waals surface area contributed by atoms with Crippen LogP contribution in [-0.4, -0.2) is 37.3 Å². The second-order valence-electron chi connectivity index (χ2n) is 4.30. The van der Waals surface area contributed by atoms with E-state index >= 15 is 0 Å². The molecule has 0 amide bonds. The zero-order valence-electron chi connectivity index (χ0n) is 11.1. The van der Waals surface area contributed by atoms with Crippen molar-refractivity contribution in [2.75, 3.05) is 27.1 Å². The zero-order valence-corrected chi connectivity index (χ0v) is 11.1. The number of ether oxygens (including phenoxy) is 2. The lowest BCUT2D eigenvalue weighted by atomic mass is 9.92. The van der Waals surface area contributed by atoms with Gasteiger partial charge in [0, 0.05) is 20.3 Å². The molecular weight excluding hydrogens is 232 g/mol. The number of aliphatic hydroxyl groups is 2. The summed E-state index contributed by atoms with van der Waals surface area (Å²) in [5.74, 6) is 0.945. The SMILES string of the molecule is COCOc1cc(C(CCO)CCO)ccc1C. The Labute approximate surface area is 108 Å². The first-order valence-corrected chi connectivity index (χ1v) is 6.17. The number of benzene rings is 1. The second kappa shape index (κ2) is 8.08. The minimum absolute atomic E-state index is 0.118. The highest BCUT2D eigenvalue weighted by Crippen LogP contribution is 2.28. The molecule has 4 heteroatoms. The predicted molar refractivity (Wildman–Crippen MR) is 69.8 cm³/mol. The molecule has 0 heterocycles. The lowest BCUT2D eigenvalue weighted by Gasteiger charge is -2.17. The third-order valence-corrected chi connectivity index (χ3v) is 2.97. The van der Waals surface area contributed by atoms with E-state index < -0.39 is 0 Å². The van der Waals surface area contributed by atoms with Crippen LogP contribution in [0.3, 0.4) is 0 Å². The molecule has 1 aromatic carbocycles. The predicted octanol–water partition coefficient (Wildman–Crippen LogP) is 1.83. The van der Waals surface area contributed by atoms with Crippen molar-refractivity contribution in [2.24, 2.45) is 0 Å². The molecule has 1 rings (SSSR count). The summed E-state index contributed by atoms with van der Waals surface area (Å²) >= 11 is 0. The van der Waals surface area contributed by atoms with E-state index in [1.54, 1.807) is 7.11 Å². The van der Waals surface area contributed by atoms with Gasteiger partial charge in [-0.2, -0.15) is 0 Å². The Morgan fingerprint density at radius 1 is 1.17 bits per heavy atom. The highest BCUT2D eigenvalue weighted by atomic mass is 16.7. The van der Waals surface area contributed by atoms with E-state index in [4.69, 9.17) is 19.7 Å². The van der Waals surface area contributed by atoms with Crippen LogP contribution < -0.4 is 4.74 Å². The number of aliphatic hydroxyl groups excluding tert-OH is 2. The fraction of sp³-hybridized carbons (Fsp3) is 0.571. The second-order valence-corrected chi connectivity index (χ2v) is 4.30. The normalized spacial score (nSPS) is 10.9. The maximum absolute atomic E-state index is 9.06. The van der Waals surface area contributed by atoms with Gasteiger partial charge in [0.15, 0.2) is 6.79 Å². The molecule has 0 aromatic heterocycles. The van der Waals surface area contributed by atoms with Gasteiger partial charge < -0.3 is 19.7 Å². The molecule has 2 N–H and O–H groups in total. The van der Waals surface area contributed by atoms with Crippen LogP contribution in [0, 0.1) is 6.92 Å². The van der Waals surface area contributed by atoms with Gasteiger partial charge in [0.2, 0.25) is 0 Å². The van der Waals surface area contributed by atoms with Gasteiger partial charge in [0.25, 0.3) is 0 Å². The summed E-state index contributed by atoms with van der Waals surface area (Å²) in [5, 5.41) is 18.1. The van der Waals surface area contributed by atoms with E-state index in [1.165, 1.54) is 0 Å². The van der Waals surface area contributed by atoms with Crippen LogP contribution in [0.5, 0.6) is 5.75 Å². The van der Waals surface area contributed by atoms with Crippen molar-refractivity contribution in [3.8, 4) is 5.75 Å². The van der Waals surface area contributed by atoms with E-state index in [-0.39, 0.29) is 25.9 Å². The van der Waals surface area contributed by atoms with E-state index in [9.17, 15) is 0 Å². The molecule has 0 aliphatic heterocycles. The van der Waals surface area contributed by atoms with Crippen molar-refractivity contribution in [3.63, 3.8) is 0 Å². The molecule has 4 nitrogen and oxygen atoms in total. The van der Waals surface area contributed by atoms with Crippen molar-refractivity contribution in [1.29, 1.82) is 0 Å². The molecule has 0 bridgehead atoms. The largest absolute Gasteiger partial charge is 0.467 e. The average Bonchev–Trinajstić information content (AvgIpc) is 2.38. The maximum atomic E-state index is 9.06. The van der Waals surface area contributed by atoms with E-state index in [0.29, 0.717) is 12.8 Å². The molecule has 0 saturated carbocycles. The number of aryl methyl sites for hydroxylation is 1. The monoisotopic (exact) mass is 254 g/mol. The number of hydrogen-bond donors (Lipinski definition) is 2. The van der Waals surface area contributed by atoms with Crippen molar-refractivity contribution < 1.29 is 19.7 Å². The lowest BCUT2D eigenvalue weighted by Crippen LogP contribution is -2.06. The highest BCUT2D eigenvalue weighted by Gasteiger charge is 2.12. The third kappa shape index (κ3) is 4.29. The maximum Gasteiger partial charge on any atom is 0.188 e. The van der Waals surface area contributed by atoms with E-state index in [0.717, 1.165) is 16.9 Å².